The Morgan fingerprint density at radius 1 is 1.15 bits per heavy atom. The third-order valence-corrected chi connectivity index (χ3v) is 3.66. The van der Waals surface area contributed by atoms with E-state index >= 15 is 0 Å². The first-order valence-electron chi connectivity index (χ1n) is 8.47. The third kappa shape index (κ3) is 7.04. The topological polar surface area (TPSA) is 99.4 Å². The molecule has 0 aliphatic heterocycles. The SMILES string of the molecule is N#CC(=Cc1cccc(OCCC(=O)O)c1)C(=O)NCCc1ccccc1. The van der Waals surface area contributed by atoms with Crippen molar-refractivity contribution in [1.82, 2.24) is 5.32 Å². The molecule has 0 fully saturated rings. The number of rotatable bonds is 9. The maximum Gasteiger partial charge on any atom is 0.306 e. The molecule has 0 radical (unpaired) electrons. The molecule has 2 N–H and O–H groups in total. The fourth-order valence-corrected chi connectivity index (χ4v) is 2.33. The highest BCUT2D eigenvalue weighted by Gasteiger charge is 2.09. The van der Waals surface area contributed by atoms with Gasteiger partial charge in [-0.3, -0.25) is 9.59 Å². The van der Waals surface area contributed by atoms with E-state index in [1.54, 1.807) is 24.3 Å². The molecule has 0 saturated heterocycles. The molecule has 0 spiro atoms. The number of carboxylic acids is 1. The summed E-state index contributed by atoms with van der Waals surface area (Å²) in [6.07, 6.45) is 2.05. The van der Waals surface area contributed by atoms with Gasteiger partial charge in [0.2, 0.25) is 0 Å². The minimum atomic E-state index is -0.940. The first-order chi connectivity index (χ1) is 13.1. The smallest absolute Gasteiger partial charge is 0.306 e. The Balaban J connectivity index is 1.95. The second kappa shape index (κ2) is 10.4. The molecule has 0 bridgehead atoms. The van der Waals surface area contributed by atoms with Gasteiger partial charge in [-0.1, -0.05) is 42.5 Å². The number of carbonyl (C=O) groups excluding carboxylic acids is 1. The van der Waals surface area contributed by atoms with Crippen molar-refractivity contribution < 1.29 is 19.4 Å². The normalized spacial score (nSPS) is 10.7. The lowest BCUT2D eigenvalue weighted by atomic mass is 10.1. The Labute approximate surface area is 157 Å². The molecule has 6 heteroatoms. The lowest BCUT2D eigenvalue weighted by Gasteiger charge is -2.06. The standard InChI is InChI=1S/C21H20N2O4/c22-15-18(21(26)23-11-9-16-5-2-1-3-6-16)13-17-7-4-8-19(14-17)27-12-10-20(24)25/h1-8,13-14H,9-12H2,(H,23,26)(H,24,25). The maximum absolute atomic E-state index is 12.2. The van der Waals surface area contributed by atoms with Gasteiger partial charge >= 0.3 is 5.97 Å². The lowest BCUT2D eigenvalue weighted by molar-refractivity contribution is -0.137. The van der Waals surface area contributed by atoms with Crippen LogP contribution in [0.2, 0.25) is 0 Å². The molecule has 2 aromatic carbocycles. The second-order valence-electron chi connectivity index (χ2n) is 5.73. The zero-order valence-electron chi connectivity index (χ0n) is 14.7. The summed E-state index contributed by atoms with van der Waals surface area (Å²) in [5.74, 6) is -0.901. The van der Waals surface area contributed by atoms with Crippen LogP contribution in [0.4, 0.5) is 0 Å². The number of carboxylic acid groups (broad SMARTS) is 1. The molecule has 0 aromatic heterocycles. The first kappa shape index (κ1) is 19.7. The van der Waals surface area contributed by atoms with E-state index in [9.17, 15) is 14.9 Å². The average molecular weight is 364 g/mol. The molecule has 138 valence electrons. The Hall–Kier alpha value is -3.59. The summed E-state index contributed by atoms with van der Waals surface area (Å²) >= 11 is 0. The van der Waals surface area contributed by atoms with E-state index < -0.39 is 11.9 Å². The molecule has 1 amide bonds. The Morgan fingerprint density at radius 3 is 2.63 bits per heavy atom. The molecule has 2 aromatic rings. The van der Waals surface area contributed by atoms with E-state index in [4.69, 9.17) is 9.84 Å². The first-order valence-corrected chi connectivity index (χ1v) is 8.47. The van der Waals surface area contributed by atoms with Crippen LogP contribution in [0, 0.1) is 11.3 Å². The van der Waals surface area contributed by atoms with Gasteiger partial charge in [-0.15, -0.1) is 0 Å². The number of hydrogen-bond acceptors (Lipinski definition) is 4. The summed E-state index contributed by atoms with van der Waals surface area (Å²) in [5.41, 5.74) is 1.72. The van der Waals surface area contributed by atoms with E-state index in [0.29, 0.717) is 24.3 Å². The molecule has 2 rings (SSSR count). The van der Waals surface area contributed by atoms with Crippen LogP contribution in [-0.2, 0) is 16.0 Å². The van der Waals surface area contributed by atoms with Crippen molar-refractivity contribution in [3.63, 3.8) is 0 Å². The van der Waals surface area contributed by atoms with E-state index in [0.717, 1.165) is 5.56 Å². The number of carbonyl (C=O) groups is 2. The van der Waals surface area contributed by atoms with Gasteiger partial charge in [-0.25, -0.2) is 0 Å². The molecule has 0 atom stereocenters. The molecule has 27 heavy (non-hydrogen) atoms. The number of hydrogen-bond donors (Lipinski definition) is 2. The van der Waals surface area contributed by atoms with Gasteiger partial charge in [0, 0.05) is 6.54 Å². The number of ether oxygens (including phenoxy) is 1. The number of aliphatic carboxylic acids is 1. The lowest BCUT2D eigenvalue weighted by Crippen LogP contribution is -2.26. The molecule has 0 aliphatic rings. The molecule has 0 saturated carbocycles. The van der Waals surface area contributed by atoms with Gasteiger partial charge in [-0.2, -0.15) is 5.26 Å². The summed E-state index contributed by atoms with van der Waals surface area (Å²) in [7, 11) is 0. The summed E-state index contributed by atoms with van der Waals surface area (Å²) in [6.45, 7) is 0.480. The van der Waals surface area contributed by atoms with Crippen LogP contribution in [0.15, 0.2) is 60.2 Å². The monoisotopic (exact) mass is 364 g/mol. The molecule has 0 aliphatic carbocycles. The van der Waals surface area contributed by atoms with Crippen LogP contribution < -0.4 is 10.1 Å². The summed E-state index contributed by atoms with van der Waals surface area (Å²) in [5, 5.41) is 20.6. The van der Waals surface area contributed by atoms with Crippen LogP contribution in [0.3, 0.4) is 0 Å². The van der Waals surface area contributed by atoms with Gasteiger partial charge in [0.05, 0.1) is 13.0 Å². The van der Waals surface area contributed by atoms with Crippen molar-refractivity contribution in [1.29, 1.82) is 5.26 Å². The fraction of sp³-hybridized carbons (Fsp3) is 0.190. The van der Waals surface area contributed by atoms with E-state index in [1.165, 1.54) is 6.08 Å². The van der Waals surface area contributed by atoms with Gasteiger partial charge in [0.25, 0.3) is 5.91 Å². The van der Waals surface area contributed by atoms with Crippen LogP contribution in [0.1, 0.15) is 17.5 Å². The zero-order valence-corrected chi connectivity index (χ0v) is 14.7. The van der Waals surface area contributed by atoms with Crippen LogP contribution in [0.25, 0.3) is 6.08 Å². The van der Waals surface area contributed by atoms with Gasteiger partial charge in [0.15, 0.2) is 0 Å². The highest BCUT2D eigenvalue weighted by molar-refractivity contribution is 6.01. The Kier molecular flexibility index (Phi) is 7.61. The van der Waals surface area contributed by atoms with Crippen molar-refractivity contribution in [3.05, 3.63) is 71.3 Å². The highest BCUT2D eigenvalue weighted by Crippen LogP contribution is 2.16. The van der Waals surface area contributed by atoms with E-state index in [-0.39, 0.29) is 18.6 Å². The number of nitrogens with one attached hydrogen (secondary N) is 1. The highest BCUT2D eigenvalue weighted by atomic mass is 16.5. The van der Waals surface area contributed by atoms with Crippen LogP contribution in [0.5, 0.6) is 5.75 Å². The molecular weight excluding hydrogens is 344 g/mol. The summed E-state index contributed by atoms with van der Waals surface area (Å²) < 4.78 is 5.35. The van der Waals surface area contributed by atoms with Crippen molar-refractivity contribution in [2.45, 2.75) is 12.8 Å². The summed E-state index contributed by atoms with van der Waals surface area (Å²) in [6, 6.07) is 18.4. The number of amides is 1. The largest absolute Gasteiger partial charge is 0.493 e. The average Bonchev–Trinajstić information content (AvgIpc) is 2.67. The van der Waals surface area contributed by atoms with Gasteiger partial charge in [-0.05, 0) is 35.8 Å². The van der Waals surface area contributed by atoms with Crippen LogP contribution >= 0.6 is 0 Å². The van der Waals surface area contributed by atoms with E-state index in [2.05, 4.69) is 5.32 Å². The third-order valence-electron chi connectivity index (χ3n) is 3.66. The minimum absolute atomic E-state index is 0.00857. The van der Waals surface area contributed by atoms with Crippen molar-refractivity contribution >= 4 is 18.0 Å². The Bertz CT molecular complexity index is 854. The second-order valence-corrected chi connectivity index (χ2v) is 5.73. The Morgan fingerprint density at radius 2 is 1.93 bits per heavy atom. The van der Waals surface area contributed by atoms with Crippen LogP contribution in [-0.4, -0.2) is 30.1 Å². The fourth-order valence-electron chi connectivity index (χ4n) is 2.33. The van der Waals surface area contributed by atoms with Gasteiger partial charge < -0.3 is 15.2 Å². The molecule has 0 heterocycles. The summed E-state index contributed by atoms with van der Waals surface area (Å²) in [4.78, 5) is 22.7. The zero-order chi connectivity index (χ0) is 19.5. The van der Waals surface area contributed by atoms with Gasteiger partial charge in [0.1, 0.15) is 17.4 Å². The minimum Gasteiger partial charge on any atom is -0.493 e. The number of nitriles is 1. The molecule has 6 nitrogen and oxygen atoms in total. The van der Waals surface area contributed by atoms with Crippen molar-refractivity contribution in [2.75, 3.05) is 13.2 Å². The molecular formula is C21H20N2O4. The maximum atomic E-state index is 12.2. The van der Waals surface area contributed by atoms with E-state index in [1.807, 2.05) is 36.4 Å². The number of benzene rings is 2. The molecule has 0 unspecified atom stereocenters. The number of nitrogens with zero attached hydrogens (tertiary/aromatic N) is 1. The predicted octanol–water partition coefficient (Wildman–Crippen LogP) is 2.81. The predicted molar refractivity (Wildman–Crippen MR) is 101 cm³/mol. The van der Waals surface area contributed by atoms with Crippen molar-refractivity contribution in [2.24, 2.45) is 0 Å². The quantitative estimate of drug-likeness (QED) is 0.526. The van der Waals surface area contributed by atoms with Crippen molar-refractivity contribution in [3.8, 4) is 11.8 Å².